The van der Waals surface area contributed by atoms with Crippen molar-refractivity contribution in [1.82, 2.24) is 10.6 Å². The van der Waals surface area contributed by atoms with E-state index < -0.39 is 6.04 Å². The molecule has 0 aliphatic rings. The monoisotopic (exact) mass is 355 g/mol. The second-order valence-electron chi connectivity index (χ2n) is 5.87. The molecule has 0 spiro atoms. The number of halogens is 1. The largest absolute Gasteiger partial charge is 0.350 e. The molecule has 1 rings (SSSR count). The Kier molecular flexibility index (Phi) is 6.36. The highest BCUT2D eigenvalue weighted by molar-refractivity contribution is 9.10. The molecule has 0 aromatic heterocycles. The Labute approximate surface area is 134 Å². The van der Waals surface area contributed by atoms with E-state index in [1.807, 2.05) is 39.0 Å². The highest BCUT2D eigenvalue weighted by Gasteiger charge is 2.19. The molecule has 0 aliphatic carbocycles. The van der Waals surface area contributed by atoms with E-state index >= 15 is 0 Å². The van der Waals surface area contributed by atoms with Gasteiger partial charge in [0.05, 0.1) is 18.3 Å². The lowest BCUT2D eigenvalue weighted by atomic mass is 10.1. The van der Waals surface area contributed by atoms with Crippen LogP contribution in [0.25, 0.3) is 0 Å². The van der Waals surface area contributed by atoms with E-state index in [2.05, 4.69) is 31.9 Å². The second-order valence-corrected chi connectivity index (χ2v) is 6.72. The molecule has 0 heterocycles. The molecule has 6 heteroatoms. The molecule has 1 unspecified atom stereocenters. The first-order valence-electron chi connectivity index (χ1n) is 6.79. The van der Waals surface area contributed by atoms with Gasteiger partial charge in [-0.1, -0.05) is 12.1 Å². The highest BCUT2D eigenvalue weighted by atomic mass is 79.9. The molecule has 2 amide bonds. The van der Waals surface area contributed by atoms with Crippen molar-refractivity contribution in [2.45, 2.75) is 39.3 Å². The van der Waals surface area contributed by atoms with Crippen LogP contribution < -0.4 is 16.0 Å². The minimum Gasteiger partial charge on any atom is -0.350 e. The summed E-state index contributed by atoms with van der Waals surface area (Å²) in [5, 5.41) is 8.54. The highest BCUT2D eigenvalue weighted by Crippen LogP contribution is 2.20. The Bertz CT molecular complexity index is 512. The van der Waals surface area contributed by atoms with Crippen molar-refractivity contribution in [3.05, 3.63) is 28.7 Å². The molecule has 1 aromatic carbocycles. The molecule has 0 fully saturated rings. The molecule has 21 heavy (non-hydrogen) atoms. The van der Waals surface area contributed by atoms with Crippen molar-refractivity contribution in [3.8, 4) is 0 Å². The number of hydrogen-bond acceptors (Lipinski definition) is 3. The molecular weight excluding hydrogens is 334 g/mol. The van der Waals surface area contributed by atoms with Crippen LogP contribution in [0.15, 0.2) is 28.7 Å². The van der Waals surface area contributed by atoms with E-state index in [0.717, 1.165) is 4.47 Å². The third-order valence-corrected chi connectivity index (χ3v) is 3.30. The Hall–Kier alpha value is -1.40. The predicted molar refractivity (Wildman–Crippen MR) is 88.1 cm³/mol. The van der Waals surface area contributed by atoms with E-state index in [0.29, 0.717) is 5.69 Å². The number of anilines is 1. The van der Waals surface area contributed by atoms with Crippen molar-refractivity contribution in [2.24, 2.45) is 0 Å². The van der Waals surface area contributed by atoms with Gasteiger partial charge in [0.15, 0.2) is 0 Å². The van der Waals surface area contributed by atoms with Crippen LogP contribution in [0.1, 0.15) is 27.7 Å². The Balaban J connectivity index is 2.43. The SMILES string of the molecule is CC(NCC(=O)Nc1ccccc1Br)C(=O)NC(C)(C)C. The van der Waals surface area contributed by atoms with Gasteiger partial charge in [-0.25, -0.2) is 0 Å². The van der Waals surface area contributed by atoms with Gasteiger partial charge in [0.2, 0.25) is 11.8 Å². The number of hydrogen-bond donors (Lipinski definition) is 3. The van der Waals surface area contributed by atoms with E-state index in [4.69, 9.17) is 0 Å². The maximum absolute atomic E-state index is 11.9. The fourth-order valence-electron chi connectivity index (χ4n) is 1.57. The van der Waals surface area contributed by atoms with Gasteiger partial charge in [-0.15, -0.1) is 0 Å². The van der Waals surface area contributed by atoms with Crippen LogP contribution in [0, 0.1) is 0 Å². The zero-order chi connectivity index (χ0) is 16.0. The molecule has 1 atom stereocenters. The summed E-state index contributed by atoms with van der Waals surface area (Å²) in [6, 6.07) is 6.93. The summed E-state index contributed by atoms with van der Waals surface area (Å²) >= 11 is 3.36. The molecule has 0 bridgehead atoms. The van der Waals surface area contributed by atoms with Crippen molar-refractivity contribution < 1.29 is 9.59 Å². The molecular formula is C15H22BrN3O2. The molecule has 0 aliphatic heterocycles. The van der Waals surface area contributed by atoms with Gasteiger partial charge in [0.25, 0.3) is 0 Å². The summed E-state index contributed by atoms with van der Waals surface area (Å²) in [5.74, 6) is -0.325. The van der Waals surface area contributed by atoms with E-state index in [1.54, 1.807) is 13.0 Å². The number of para-hydroxylation sites is 1. The third-order valence-electron chi connectivity index (χ3n) is 2.61. The van der Waals surface area contributed by atoms with Crippen molar-refractivity contribution >= 4 is 33.4 Å². The molecule has 0 saturated carbocycles. The number of nitrogens with one attached hydrogen (secondary N) is 3. The number of rotatable bonds is 5. The summed E-state index contributed by atoms with van der Waals surface area (Å²) in [5.41, 5.74) is 0.417. The first-order chi connectivity index (χ1) is 9.69. The predicted octanol–water partition coefficient (Wildman–Crippen LogP) is 2.28. The maximum atomic E-state index is 11.9. The molecule has 3 N–H and O–H groups in total. The lowest BCUT2D eigenvalue weighted by Crippen LogP contribution is -2.50. The normalized spacial score (nSPS) is 12.6. The average Bonchev–Trinajstić information content (AvgIpc) is 2.36. The van der Waals surface area contributed by atoms with Gasteiger partial charge in [-0.3, -0.25) is 14.9 Å². The molecule has 1 aromatic rings. The average molecular weight is 356 g/mol. The number of carbonyl (C=O) groups excluding carboxylic acids is 2. The van der Waals surface area contributed by atoms with Gasteiger partial charge in [0, 0.05) is 10.0 Å². The van der Waals surface area contributed by atoms with Gasteiger partial charge in [-0.2, -0.15) is 0 Å². The fourth-order valence-corrected chi connectivity index (χ4v) is 1.96. The lowest BCUT2D eigenvalue weighted by molar-refractivity contribution is -0.124. The fraction of sp³-hybridized carbons (Fsp3) is 0.467. The minimum atomic E-state index is -0.436. The van der Waals surface area contributed by atoms with E-state index in [1.165, 1.54) is 0 Å². The summed E-state index contributed by atoms with van der Waals surface area (Å²) in [6.07, 6.45) is 0. The first-order valence-corrected chi connectivity index (χ1v) is 7.58. The van der Waals surface area contributed by atoms with Crippen LogP contribution in [-0.4, -0.2) is 29.9 Å². The summed E-state index contributed by atoms with van der Waals surface area (Å²) in [4.78, 5) is 23.7. The van der Waals surface area contributed by atoms with Crippen LogP contribution in [0.5, 0.6) is 0 Å². The number of benzene rings is 1. The lowest BCUT2D eigenvalue weighted by Gasteiger charge is -2.23. The third kappa shape index (κ3) is 6.73. The van der Waals surface area contributed by atoms with Crippen LogP contribution >= 0.6 is 15.9 Å². The Morgan fingerprint density at radius 1 is 1.24 bits per heavy atom. The van der Waals surface area contributed by atoms with Crippen LogP contribution in [0.3, 0.4) is 0 Å². The molecule has 0 radical (unpaired) electrons. The molecule has 5 nitrogen and oxygen atoms in total. The number of amides is 2. The minimum absolute atomic E-state index is 0.0695. The topological polar surface area (TPSA) is 70.2 Å². The van der Waals surface area contributed by atoms with Crippen molar-refractivity contribution in [3.63, 3.8) is 0 Å². The summed E-state index contributed by atoms with van der Waals surface area (Å²) in [7, 11) is 0. The van der Waals surface area contributed by atoms with Crippen LogP contribution in [0.2, 0.25) is 0 Å². The number of carbonyl (C=O) groups is 2. The van der Waals surface area contributed by atoms with E-state index in [9.17, 15) is 9.59 Å². The van der Waals surface area contributed by atoms with Crippen LogP contribution in [0.4, 0.5) is 5.69 Å². The zero-order valence-corrected chi connectivity index (χ0v) is 14.4. The molecule has 0 saturated heterocycles. The smallest absolute Gasteiger partial charge is 0.238 e. The summed E-state index contributed by atoms with van der Waals surface area (Å²) < 4.78 is 0.817. The zero-order valence-electron chi connectivity index (χ0n) is 12.8. The van der Waals surface area contributed by atoms with Gasteiger partial charge in [-0.05, 0) is 55.8 Å². The Morgan fingerprint density at radius 2 is 1.86 bits per heavy atom. The molecule has 116 valence electrons. The van der Waals surface area contributed by atoms with E-state index in [-0.39, 0.29) is 23.9 Å². The Morgan fingerprint density at radius 3 is 2.43 bits per heavy atom. The van der Waals surface area contributed by atoms with Crippen molar-refractivity contribution in [2.75, 3.05) is 11.9 Å². The van der Waals surface area contributed by atoms with Gasteiger partial charge < -0.3 is 10.6 Å². The van der Waals surface area contributed by atoms with Crippen molar-refractivity contribution in [1.29, 1.82) is 0 Å². The van der Waals surface area contributed by atoms with Crippen LogP contribution in [-0.2, 0) is 9.59 Å². The first kappa shape index (κ1) is 17.7. The maximum Gasteiger partial charge on any atom is 0.238 e. The quantitative estimate of drug-likeness (QED) is 0.758. The van der Waals surface area contributed by atoms with Gasteiger partial charge >= 0.3 is 0 Å². The summed E-state index contributed by atoms with van der Waals surface area (Å²) in [6.45, 7) is 7.54. The standard InChI is InChI=1S/C15H22BrN3O2/c1-10(14(21)19-15(2,3)4)17-9-13(20)18-12-8-6-5-7-11(12)16/h5-8,10,17H,9H2,1-4H3,(H,18,20)(H,19,21). The van der Waals surface area contributed by atoms with Gasteiger partial charge in [0.1, 0.15) is 0 Å². The second kappa shape index (κ2) is 7.56.